The lowest BCUT2D eigenvalue weighted by Crippen LogP contribution is -2.06. The fraction of sp³-hybridized carbons (Fsp3) is 0.462. The van der Waals surface area contributed by atoms with E-state index in [4.69, 9.17) is 0 Å². The maximum Gasteiger partial charge on any atom is 0.257 e. The number of rotatable bonds is 2. The molecule has 3 heteroatoms. The van der Waals surface area contributed by atoms with Crippen LogP contribution in [0.2, 0.25) is 0 Å². The molecule has 0 spiro atoms. The van der Waals surface area contributed by atoms with Crippen LogP contribution in [0.4, 0.5) is 0 Å². The summed E-state index contributed by atoms with van der Waals surface area (Å²) in [5, 5.41) is 0.839. The molecular formula is C13H18N2O. The molecule has 0 radical (unpaired) electrons. The molecule has 2 aromatic rings. The van der Waals surface area contributed by atoms with Gasteiger partial charge in [0, 0.05) is 18.4 Å². The van der Waals surface area contributed by atoms with Crippen LogP contribution in [0, 0.1) is 0 Å². The van der Waals surface area contributed by atoms with Crippen LogP contribution in [0.1, 0.15) is 45.2 Å². The Morgan fingerprint density at radius 3 is 2.50 bits per heavy atom. The van der Waals surface area contributed by atoms with Gasteiger partial charge in [-0.2, -0.15) is 0 Å². The second kappa shape index (κ2) is 3.81. The fourth-order valence-electron chi connectivity index (χ4n) is 2.11. The average Bonchev–Trinajstić information content (AvgIpc) is 2.58. The first-order chi connectivity index (χ1) is 7.52. The zero-order chi connectivity index (χ0) is 11.9. The lowest BCUT2D eigenvalue weighted by Gasteiger charge is -2.08. The van der Waals surface area contributed by atoms with Crippen molar-refractivity contribution in [3.8, 4) is 0 Å². The minimum Gasteiger partial charge on any atom is -0.344 e. The van der Waals surface area contributed by atoms with Gasteiger partial charge in [-0.3, -0.25) is 4.79 Å². The summed E-state index contributed by atoms with van der Waals surface area (Å²) in [5.41, 5.74) is 2.17. The van der Waals surface area contributed by atoms with Gasteiger partial charge >= 0.3 is 0 Å². The van der Waals surface area contributed by atoms with E-state index in [1.165, 1.54) is 0 Å². The highest BCUT2D eigenvalue weighted by atomic mass is 16.1. The number of fused-ring (bicyclic) bond motifs is 1. The first-order valence-electron chi connectivity index (χ1n) is 5.74. The maximum atomic E-state index is 11.9. The first-order valence-corrected chi connectivity index (χ1v) is 5.74. The molecule has 0 aromatic carbocycles. The summed E-state index contributed by atoms with van der Waals surface area (Å²) >= 11 is 0. The molecule has 0 aliphatic heterocycles. The van der Waals surface area contributed by atoms with Gasteiger partial charge < -0.3 is 9.55 Å². The Kier molecular flexibility index (Phi) is 2.62. The summed E-state index contributed by atoms with van der Waals surface area (Å²) in [6.45, 7) is 8.49. The molecule has 0 bridgehead atoms. The number of hydrogen-bond acceptors (Lipinski definition) is 1. The van der Waals surface area contributed by atoms with Crippen LogP contribution in [-0.4, -0.2) is 9.55 Å². The first kappa shape index (κ1) is 11.0. The van der Waals surface area contributed by atoms with E-state index >= 15 is 0 Å². The van der Waals surface area contributed by atoms with E-state index < -0.39 is 0 Å². The number of hydrogen-bond donors (Lipinski definition) is 1. The number of aromatic amines is 1. The molecule has 0 fully saturated rings. The minimum atomic E-state index is 0.0144. The van der Waals surface area contributed by atoms with Crippen molar-refractivity contribution in [1.82, 2.24) is 9.55 Å². The summed E-state index contributed by atoms with van der Waals surface area (Å²) in [7, 11) is 0. The van der Waals surface area contributed by atoms with Gasteiger partial charge in [-0.05, 0) is 31.4 Å². The van der Waals surface area contributed by atoms with Crippen LogP contribution >= 0.6 is 0 Å². The SMILES string of the molecule is CC(C)c1cn(C(C)C)c2cc[nH]c(=O)c12. The number of nitrogens with zero attached hydrogens (tertiary/aromatic N) is 1. The lowest BCUT2D eigenvalue weighted by molar-refractivity contribution is 0.619. The van der Waals surface area contributed by atoms with Crippen molar-refractivity contribution in [2.24, 2.45) is 0 Å². The highest BCUT2D eigenvalue weighted by Gasteiger charge is 2.15. The Balaban J connectivity index is 2.87. The third-order valence-electron chi connectivity index (χ3n) is 2.96. The van der Waals surface area contributed by atoms with E-state index in [0.29, 0.717) is 12.0 Å². The van der Waals surface area contributed by atoms with Crippen molar-refractivity contribution in [2.75, 3.05) is 0 Å². The van der Waals surface area contributed by atoms with Gasteiger partial charge in [-0.1, -0.05) is 13.8 Å². The molecule has 0 aliphatic carbocycles. The van der Waals surface area contributed by atoms with Gasteiger partial charge in [0.25, 0.3) is 5.56 Å². The molecule has 0 saturated carbocycles. The van der Waals surface area contributed by atoms with Crippen molar-refractivity contribution in [1.29, 1.82) is 0 Å². The van der Waals surface area contributed by atoms with Crippen molar-refractivity contribution in [3.05, 3.63) is 34.4 Å². The lowest BCUT2D eigenvalue weighted by atomic mass is 10.0. The maximum absolute atomic E-state index is 11.9. The van der Waals surface area contributed by atoms with Crippen LogP contribution in [0.5, 0.6) is 0 Å². The second-order valence-electron chi connectivity index (χ2n) is 4.81. The average molecular weight is 218 g/mol. The van der Waals surface area contributed by atoms with Crippen LogP contribution in [0.15, 0.2) is 23.3 Å². The van der Waals surface area contributed by atoms with Gasteiger partial charge in [0.15, 0.2) is 0 Å². The smallest absolute Gasteiger partial charge is 0.257 e. The van der Waals surface area contributed by atoms with E-state index in [2.05, 4.69) is 43.4 Å². The quantitative estimate of drug-likeness (QED) is 0.826. The van der Waals surface area contributed by atoms with E-state index in [9.17, 15) is 4.79 Å². The number of H-pyrrole nitrogens is 1. The third-order valence-corrected chi connectivity index (χ3v) is 2.96. The normalized spacial score (nSPS) is 11.9. The molecule has 3 nitrogen and oxygen atoms in total. The monoisotopic (exact) mass is 218 g/mol. The van der Waals surface area contributed by atoms with Gasteiger partial charge in [-0.15, -0.1) is 0 Å². The van der Waals surface area contributed by atoms with Gasteiger partial charge in [0.05, 0.1) is 10.9 Å². The Bertz CT molecular complexity index is 561. The summed E-state index contributed by atoms with van der Waals surface area (Å²) < 4.78 is 2.17. The molecule has 1 N–H and O–H groups in total. The Labute approximate surface area is 95.1 Å². The molecule has 2 heterocycles. The van der Waals surface area contributed by atoms with Crippen molar-refractivity contribution in [2.45, 2.75) is 39.7 Å². The molecule has 0 amide bonds. The molecule has 2 rings (SSSR count). The topological polar surface area (TPSA) is 37.8 Å². The highest BCUT2D eigenvalue weighted by Crippen LogP contribution is 2.26. The molecule has 0 atom stereocenters. The summed E-state index contributed by atoms with van der Waals surface area (Å²) in [6.07, 6.45) is 3.82. The highest BCUT2D eigenvalue weighted by molar-refractivity contribution is 5.83. The molecular weight excluding hydrogens is 200 g/mol. The predicted molar refractivity (Wildman–Crippen MR) is 67.0 cm³/mol. The number of aromatic nitrogens is 2. The zero-order valence-electron chi connectivity index (χ0n) is 10.2. The number of pyridine rings is 1. The van der Waals surface area contributed by atoms with Gasteiger partial charge in [-0.25, -0.2) is 0 Å². The minimum absolute atomic E-state index is 0.0144. The van der Waals surface area contributed by atoms with Crippen LogP contribution in [-0.2, 0) is 0 Å². The van der Waals surface area contributed by atoms with Crippen LogP contribution in [0.25, 0.3) is 10.9 Å². The molecule has 2 aromatic heterocycles. The number of nitrogens with one attached hydrogen (secondary N) is 1. The molecule has 86 valence electrons. The van der Waals surface area contributed by atoms with E-state index in [1.54, 1.807) is 6.20 Å². The summed E-state index contributed by atoms with van der Waals surface area (Å²) in [4.78, 5) is 14.6. The fourth-order valence-corrected chi connectivity index (χ4v) is 2.11. The van der Waals surface area contributed by atoms with E-state index in [1.807, 2.05) is 6.07 Å². The largest absolute Gasteiger partial charge is 0.344 e. The standard InChI is InChI=1S/C13H18N2O/c1-8(2)10-7-15(9(3)4)11-5-6-14-13(16)12(10)11/h5-9H,1-4H3,(H,14,16). The van der Waals surface area contributed by atoms with Gasteiger partial charge in [0.1, 0.15) is 0 Å². The zero-order valence-corrected chi connectivity index (χ0v) is 10.2. The Hall–Kier alpha value is -1.51. The molecule has 0 unspecified atom stereocenters. The molecule has 0 aliphatic rings. The van der Waals surface area contributed by atoms with Crippen LogP contribution < -0.4 is 5.56 Å². The van der Waals surface area contributed by atoms with Crippen LogP contribution in [0.3, 0.4) is 0 Å². The van der Waals surface area contributed by atoms with E-state index in [0.717, 1.165) is 16.5 Å². The van der Waals surface area contributed by atoms with Gasteiger partial charge in [0.2, 0.25) is 0 Å². The summed E-state index contributed by atoms with van der Waals surface area (Å²) in [5.74, 6) is 0.367. The third kappa shape index (κ3) is 1.56. The predicted octanol–water partition coefficient (Wildman–Crippen LogP) is 3.03. The van der Waals surface area contributed by atoms with E-state index in [-0.39, 0.29) is 5.56 Å². The summed E-state index contributed by atoms with van der Waals surface area (Å²) in [6, 6.07) is 2.35. The Morgan fingerprint density at radius 1 is 1.25 bits per heavy atom. The second-order valence-corrected chi connectivity index (χ2v) is 4.81. The molecule has 16 heavy (non-hydrogen) atoms. The van der Waals surface area contributed by atoms with Crippen molar-refractivity contribution < 1.29 is 0 Å². The van der Waals surface area contributed by atoms with Crippen molar-refractivity contribution >= 4 is 10.9 Å². The molecule has 0 saturated heterocycles. The van der Waals surface area contributed by atoms with Crippen molar-refractivity contribution in [3.63, 3.8) is 0 Å². The Morgan fingerprint density at radius 2 is 1.94 bits per heavy atom.